The molecule has 9 heteroatoms. The zero-order chi connectivity index (χ0) is 24.8. The zero-order valence-corrected chi connectivity index (χ0v) is 19.9. The molecular weight excluding hydrogens is 467 g/mol. The van der Waals surface area contributed by atoms with Crippen molar-refractivity contribution in [3.8, 4) is 33.8 Å². The summed E-state index contributed by atoms with van der Waals surface area (Å²) in [5, 5.41) is 8.38. The Morgan fingerprint density at radius 1 is 0.892 bits per heavy atom. The summed E-state index contributed by atoms with van der Waals surface area (Å²) >= 11 is 0. The van der Waals surface area contributed by atoms with Crippen molar-refractivity contribution >= 4 is 22.1 Å². The smallest absolute Gasteiger partial charge is 0.159 e. The number of imidazole rings is 1. The van der Waals surface area contributed by atoms with Crippen LogP contribution < -0.4 is 0 Å². The van der Waals surface area contributed by atoms with Crippen LogP contribution in [0.15, 0.2) is 67.4 Å². The van der Waals surface area contributed by atoms with Crippen molar-refractivity contribution in [2.75, 3.05) is 13.1 Å². The Kier molecular flexibility index (Phi) is 5.21. The van der Waals surface area contributed by atoms with E-state index in [4.69, 9.17) is 4.98 Å². The van der Waals surface area contributed by atoms with Crippen molar-refractivity contribution in [2.24, 2.45) is 0 Å². The van der Waals surface area contributed by atoms with E-state index < -0.39 is 0 Å². The highest BCUT2D eigenvalue weighted by molar-refractivity contribution is 5.96. The maximum absolute atomic E-state index is 13.9. The van der Waals surface area contributed by atoms with Crippen LogP contribution in [0.1, 0.15) is 18.4 Å². The quantitative estimate of drug-likeness (QED) is 0.338. The van der Waals surface area contributed by atoms with E-state index in [1.807, 2.05) is 24.7 Å². The Balaban J connectivity index is 1.28. The summed E-state index contributed by atoms with van der Waals surface area (Å²) < 4.78 is 13.9. The molecule has 1 aliphatic heterocycles. The first-order chi connectivity index (χ1) is 18.2. The van der Waals surface area contributed by atoms with E-state index in [0.29, 0.717) is 28.2 Å². The van der Waals surface area contributed by atoms with Gasteiger partial charge in [0.25, 0.3) is 0 Å². The molecule has 0 unspecified atom stereocenters. The van der Waals surface area contributed by atoms with E-state index in [-0.39, 0.29) is 5.82 Å². The first kappa shape index (κ1) is 21.8. The van der Waals surface area contributed by atoms with Crippen LogP contribution in [0.5, 0.6) is 0 Å². The number of halogens is 1. The van der Waals surface area contributed by atoms with Gasteiger partial charge in [-0.05, 0) is 61.3 Å². The lowest BCUT2D eigenvalue weighted by molar-refractivity contribution is 0.331. The van der Waals surface area contributed by atoms with Crippen LogP contribution in [0.25, 0.3) is 55.8 Å². The molecule has 0 spiro atoms. The predicted molar refractivity (Wildman–Crippen MR) is 140 cm³/mol. The van der Waals surface area contributed by atoms with Gasteiger partial charge in [-0.2, -0.15) is 5.10 Å². The maximum Gasteiger partial charge on any atom is 0.159 e. The number of fused-ring (bicyclic) bond motifs is 2. The largest absolute Gasteiger partial charge is 0.335 e. The van der Waals surface area contributed by atoms with Crippen LogP contribution in [-0.2, 0) is 6.54 Å². The lowest BCUT2D eigenvalue weighted by Gasteiger charge is -2.14. The Labute approximate surface area is 211 Å². The van der Waals surface area contributed by atoms with Gasteiger partial charge in [0.15, 0.2) is 11.5 Å². The molecule has 2 N–H and O–H groups in total. The van der Waals surface area contributed by atoms with Gasteiger partial charge in [-0.15, -0.1) is 0 Å². The summed E-state index contributed by atoms with van der Waals surface area (Å²) in [6.07, 6.45) is 11.6. The summed E-state index contributed by atoms with van der Waals surface area (Å²) in [7, 11) is 0. The second-order valence-electron chi connectivity index (χ2n) is 9.44. The number of benzene rings is 1. The van der Waals surface area contributed by atoms with Gasteiger partial charge in [0.05, 0.1) is 22.6 Å². The van der Waals surface area contributed by atoms with E-state index in [0.717, 1.165) is 47.2 Å². The van der Waals surface area contributed by atoms with E-state index in [1.54, 1.807) is 18.5 Å². The van der Waals surface area contributed by atoms with Crippen molar-refractivity contribution in [1.29, 1.82) is 0 Å². The molecule has 0 amide bonds. The van der Waals surface area contributed by atoms with Gasteiger partial charge >= 0.3 is 0 Å². The fourth-order valence-corrected chi connectivity index (χ4v) is 5.09. The molecule has 1 saturated heterocycles. The van der Waals surface area contributed by atoms with Crippen LogP contribution in [0, 0.1) is 5.82 Å². The molecule has 6 aromatic rings. The van der Waals surface area contributed by atoms with Gasteiger partial charge in [-0.1, -0.05) is 12.1 Å². The minimum Gasteiger partial charge on any atom is -0.335 e. The van der Waals surface area contributed by atoms with E-state index >= 15 is 0 Å². The summed E-state index contributed by atoms with van der Waals surface area (Å²) in [5.74, 6) is 0.285. The normalized spacial score (nSPS) is 14.2. The standard InChI is InChI=1S/C28H23FN8/c29-21-5-3-4-18(9-21)23-14-31-15-24-25(23)34-28(33-24)26-22-10-20(13-32-27(22)36-35-26)19-8-17(11-30-12-19)16-37-6-1-2-7-37/h3-5,8-15H,1-2,6-7,16H2,(H,33,34)(H,32,35,36). The highest BCUT2D eigenvalue weighted by Crippen LogP contribution is 2.32. The van der Waals surface area contributed by atoms with Crippen molar-refractivity contribution in [1.82, 2.24) is 40.0 Å². The van der Waals surface area contributed by atoms with Gasteiger partial charge in [0, 0.05) is 48.0 Å². The lowest BCUT2D eigenvalue weighted by Crippen LogP contribution is -2.18. The highest BCUT2D eigenvalue weighted by atomic mass is 19.1. The number of hydrogen-bond donors (Lipinski definition) is 2. The number of nitrogens with one attached hydrogen (secondary N) is 2. The topological polar surface area (TPSA) is 99.3 Å². The number of rotatable bonds is 5. The van der Waals surface area contributed by atoms with Gasteiger partial charge in [0.1, 0.15) is 11.5 Å². The van der Waals surface area contributed by atoms with Crippen molar-refractivity contribution in [3.05, 3.63) is 78.8 Å². The highest BCUT2D eigenvalue weighted by Gasteiger charge is 2.17. The number of H-pyrrole nitrogens is 2. The van der Waals surface area contributed by atoms with Gasteiger partial charge in [0.2, 0.25) is 0 Å². The van der Waals surface area contributed by atoms with Gasteiger partial charge < -0.3 is 4.98 Å². The molecule has 0 saturated carbocycles. The van der Waals surface area contributed by atoms with Gasteiger partial charge in [-0.25, -0.2) is 14.4 Å². The van der Waals surface area contributed by atoms with Crippen LogP contribution >= 0.6 is 0 Å². The molecular formula is C28H23FN8. The van der Waals surface area contributed by atoms with Crippen molar-refractivity contribution in [3.63, 3.8) is 0 Å². The van der Waals surface area contributed by atoms with Gasteiger partial charge in [-0.3, -0.25) is 20.0 Å². The average molecular weight is 491 g/mol. The summed E-state index contributed by atoms with van der Waals surface area (Å²) in [4.78, 5) is 24.1. The molecule has 37 heavy (non-hydrogen) atoms. The fraction of sp³-hybridized carbons (Fsp3) is 0.179. The molecule has 0 radical (unpaired) electrons. The van der Waals surface area contributed by atoms with Crippen molar-refractivity contribution < 1.29 is 4.39 Å². The predicted octanol–water partition coefficient (Wildman–Crippen LogP) is 5.36. The monoisotopic (exact) mass is 490 g/mol. The number of aromatic amines is 2. The second-order valence-corrected chi connectivity index (χ2v) is 9.44. The van der Waals surface area contributed by atoms with E-state index in [9.17, 15) is 4.39 Å². The van der Waals surface area contributed by atoms with Crippen LogP contribution in [0.4, 0.5) is 4.39 Å². The summed E-state index contributed by atoms with van der Waals surface area (Å²) in [6.45, 7) is 3.20. The molecule has 8 nitrogen and oxygen atoms in total. The maximum atomic E-state index is 13.9. The molecule has 0 atom stereocenters. The molecule has 6 heterocycles. The number of aromatic nitrogens is 7. The first-order valence-corrected chi connectivity index (χ1v) is 12.3. The second kappa shape index (κ2) is 8.86. The number of hydrogen-bond acceptors (Lipinski definition) is 6. The minimum absolute atomic E-state index is 0.304. The van der Waals surface area contributed by atoms with E-state index in [2.05, 4.69) is 47.2 Å². The molecule has 1 fully saturated rings. The summed E-state index contributed by atoms with van der Waals surface area (Å²) in [5.41, 5.74) is 7.42. The fourth-order valence-electron chi connectivity index (χ4n) is 5.09. The van der Waals surface area contributed by atoms with Crippen molar-refractivity contribution in [2.45, 2.75) is 19.4 Å². The average Bonchev–Trinajstić information content (AvgIpc) is 3.67. The Morgan fingerprint density at radius 2 is 1.76 bits per heavy atom. The molecule has 1 aromatic carbocycles. The van der Waals surface area contributed by atoms with Crippen LogP contribution in [0.3, 0.4) is 0 Å². The summed E-state index contributed by atoms with van der Waals surface area (Å²) in [6, 6.07) is 10.7. The molecule has 7 rings (SSSR count). The van der Waals surface area contributed by atoms with E-state index in [1.165, 1.54) is 30.5 Å². The Hall–Kier alpha value is -4.50. The molecule has 0 bridgehead atoms. The number of likely N-dealkylation sites (tertiary alicyclic amines) is 1. The molecule has 1 aliphatic rings. The number of pyridine rings is 3. The molecule has 0 aliphatic carbocycles. The van der Waals surface area contributed by atoms with Crippen LogP contribution in [0.2, 0.25) is 0 Å². The molecule has 5 aromatic heterocycles. The third-order valence-corrected chi connectivity index (χ3v) is 6.90. The first-order valence-electron chi connectivity index (χ1n) is 12.3. The Bertz CT molecular complexity index is 1750. The number of nitrogens with zero attached hydrogens (tertiary/aromatic N) is 6. The third-order valence-electron chi connectivity index (χ3n) is 6.90. The van der Waals surface area contributed by atoms with Crippen LogP contribution in [-0.4, -0.2) is 53.1 Å². The minimum atomic E-state index is -0.304. The zero-order valence-electron chi connectivity index (χ0n) is 19.9. The SMILES string of the molecule is Fc1cccc(-c2cncc3[nH]c(-c4n[nH]c5ncc(-c6cncc(CN7CCCC7)c6)cc45)nc23)c1. The Morgan fingerprint density at radius 3 is 2.65 bits per heavy atom. The lowest BCUT2D eigenvalue weighted by atomic mass is 10.1. The molecule has 182 valence electrons. The third kappa shape index (κ3) is 4.03.